The average Bonchev–Trinajstić information content (AvgIpc) is 2.53. The first-order valence-corrected chi connectivity index (χ1v) is 4.61. The fourth-order valence-electron chi connectivity index (χ4n) is 0.910. The summed E-state index contributed by atoms with van der Waals surface area (Å²) in [6, 6.07) is 0. The SMILES string of the molecule is CC(C(=O)Nc1cnoc1)C(C)(C)C. The normalized spacial score (nSPS) is 13.7. The molecule has 0 aliphatic heterocycles. The summed E-state index contributed by atoms with van der Waals surface area (Å²) in [5.41, 5.74) is 0.562. The Morgan fingerprint density at radius 2 is 2.21 bits per heavy atom. The molecule has 1 amide bonds. The number of nitrogens with one attached hydrogen (secondary N) is 1. The van der Waals surface area contributed by atoms with Crippen molar-refractivity contribution in [2.45, 2.75) is 27.7 Å². The Balaban J connectivity index is 2.59. The minimum atomic E-state index is -0.0580. The standard InChI is InChI=1S/C10H16N2O2/c1-7(10(2,3)4)9(13)12-8-5-11-14-6-8/h5-7H,1-4H3,(H,12,13). The van der Waals surface area contributed by atoms with Crippen LogP contribution in [0.2, 0.25) is 0 Å². The van der Waals surface area contributed by atoms with Gasteiger partial charge in [0.05, 0.1) is 6.20 Å². The van der Waals surface area contributed by atoms with Crippen molar-refractivity contribution < 1.29 is 9.32 Å². The maximum atomic E-state index is 11.7. The fraction of sp³-hybridized carbons (Fsp3) is 0.600. The second-order valence-corrected chi connectivity index (χ2v) is 4.49. The van der Waals surface area contributed by atoms with Crippen LogP contribution in [0.4, 0.5) is 5.69 Å². The summed E-state index contributed by atoms with van der Waals surface area (Å²) < 4.78 is 4.62. The van der Waals surface area contributed by atoms with Crippen molar-refractivity contribution in [3.8, 4) is 0 Å². The highest BCUT2D eigenvalue weighted by Gasteiger charge is 2.26. The quantitative estimate of drug-likeness (QED) is 0.789. The summed E-state index contributed by atoms with van der Waals surface area (Å²) in [7, 11) is 0. The molecule has 0 bridgehead atoms. The van der Waals surface area contributed by atoms with E-state index in [1.807, 2.05) is 27.7 Å². The van der Waals surface area contributed by atoms with Gasteiger partial charge in [0.15, 0.2) is 0 Å². The molecule has 0 aliphatic carbocycles. The first kappa shape index (κ1) is 10.8. The average molecular weight is 196 g/mol. The molecule has 4 heteroatoms. The van der Waals surface area contributed by atoms with Crippen LogP contribution in [0.3, 0.4) is 0 Å². The van der Waals surface area contributed by atoms with Gasteiger partial charge in [0.2, 0.25) is 5.91 Å². The Morgan fingerprint density at radius 1 is 1.57 bits per heavy atom. The highest BCUT2D eigenvalue weighted by molar-refractivity contribution is 5.92. The van der Waals surface area contributed by atoms with Gasteiger partial charge in [-0.3, -0.25) is 4.79 Å². The lowest BCUT2D eigenvalue weighted by atomic mass is 9.81. The summed E-state index contributed by atoms with van der Waals surface area (Å²) in [6.45, 7) is 8.00. The molecule has 1 N–H and O–H groups in total. The molecule has 1 unspecified atom stereocenters. The first-order chi connectivity index (χ1) is 6.41. The highest BCUT2D eigenvalue weighted by atomic mass is 16.5. The first-order valence-electron chi connectivity index (χ1n) is 4.61. The molecule has 1 heterocycles. The Bertz CT molecular complexity index is 298. The molecule has 0 aromatic carbocycles. The van der Waals surface area contributed by atoms with E-state index in [1.54, 1.807) is 0 Å². The minimum Gasteiger partial charge on any atom is -0.363 e. The number of hydrogen-bond donors (Lipinski definition) is 1. The number of anilines is 1. The molecule has 0 saturated heterocycles. The van der Waals surface area contributed by atoms with E-state index in [4.69, 9.17) is 0 Å². The van der Waals surface area contributed by atoms with Gasteiger partial charge in [0, 0.05) is 5.92 Å². The van der Waals surface area contributed by atoms with Gasteiger partial charge < -0.3 is 9.84 Å². The molecule has 1 rings (SSSR count). The van der Waals surface area contributed by atoms with Crippen LogP contribution in [-0.4, -0.2) is 11.1 Å². The molecule has 1 atom stereocenters. The van der Waals surface area contributed by atoms with Gasteiger partial charge in [-0.25, -0.2) is 0 Å². The van der Waals surface area contributed by atoms with Crippen LogP contribution in [0.15, 0.2) is 17.0 Å². The zero-order chi connectivity index (χ0) is 10.8. The van der Waals surface area contributed by atoms with E-state index in [0.717, 1.165) is 0 Å². The number of aromatic nitrogens is 1. The number of hydrogen-bond acceptors (Lipinski definition) is 3. The molecule has 0 fully saturated rings. The molecule has 0 spiro atoms. The van der Waals surface area contributed by atoms with Crippen molar-refractivity contribution in [2.75, 3.05) is 5.32 Å². The van der Waals surface area contributed by atoms with Crippen LogP contribution in [0.5, 0.6) is 0 Å². The number of carbonyl (C=O) groups is 1. The van der Waals surface area contributed by atoms with Gasteiger partial charge in [-0.05, 0) is 5.41 Å². The summed E-state index contributed by atoms with van der Waals surface area (Å²) in [5.74, 6) is -0.0712. The second-order valence-electron chi connectivity index (χ2n) is 4.49. The molecular formula is C10H16N2O2. The van der Waals surface area contributed by atoms with Gasteiger partial charge in [0.1, 0.15) is 12.0 Å². The maximum absolute atomic E-state index is 11.7. The van der Waals surface area contributed by atoms with Crippen LogP contribution < -0.4 is 5.32 Å². The lowest BCUT2D eigenvalue weighted by Gasteiger charge is -2.25. The lowest BCUT2D eigenvalue weighted by Crippen LogP contribution is -2.30. The van der Waals surface area contributed by atoms with E-state index in [2.05, 4.69) is 15.0 Å². The molecule has 0 saturated carbocycles. The highest BCUT2D eigenvalue weighted by Crippen LogP contribution is 2.26. The largest absolute Gasteiger partial charge is 0.363 e. The molecule has 78 valence electrons. The Hall–Kier alpha value is -1.32. The second kappa shape index (κ2) is 3.82. The molecule has 1 aromatic heterocycles. The van der Waals surface area contributed by atoms with E-state index in [0.29, 0.717) is 5.69 Å². The minimum absolute atomic E-state index is 0.0132. The maximum Gasteiger partial charge on any atom is 0.227 e. The molecule has 14 heavy (non-hydrogen) atoms. The van der Waals surface area contributed by atoms with E-state index in [-0.39, 0.29) is 17.2 Å². The summed E-state index contributed by atoms with van der Waals surface area (Å²) in [6.07, 6.45) is 2.89. The van der Waals surface area contributed by atoms with Crippen molar-refractivity contribution in [3.05, 3.63) is 12.5 Å². The van der Waals surface area contributed by atoms with E-state index in [1.165, 1.54) is 12.5 Å². The zero-order valence-corrected chi connectivity index (χ0v) is 9.00. The van der Waals surface area contributed by atoms with Crippen LogP contribution >= 0.6 is 0 Å². The third kappa shape index (κ3) is 2.58. The third-order valence-corrected chi connectivity index (χ3v) is 2.39. The van der Waals surface area contributed by atoms with Crippen LogP contribution in [0.25, 0.3) is 0 Å². The van der Waals surface area contributed by atoms with Gasteiger partial charge in [-0.15, -0.1) is 0 Å². The van der Waals surface area contributed by atoms with Gasteiger partial charge in [0.25, 0.3) is 0 Å². The predicted molar refractivity (Wildman–Crippen MR) is 53.8 cm³/mol. The predicted octanol–water partition coefficient (Wildman–Crippen LogP) is 2.30. The number of rotatable bonds is 2. The van der Waals surface area contributed by atoms with E-state index in [9.17, 15) is 4.79 Å². The summed E-state index contributed by atoms with van der Waals surface area (Å²) in [4.78, 5) is 11.7. The number of carbonyl (C=O) groups excluding carboxylic acids is 1. The van der Waals surface area contributed by atoms with Gasteiger partial charge in [-0.1, -0.05) is 32.9 Å². The third-order valence-electron chi connectivity index (χ3n) is 2.39. The van der Waals surface area contributed by atoms with Crippen molar-refractivity contribution in [2.24, 2.45) is 11.3 Å². The molecule has 0 radical (unpaired) electrons. The van der Waals surface area contributed by atoms with Crippen molar-refractivity contribution in [3.63, 3.8) is 0 Å². The number of nitrogens with zero attached hydrogens (tertiary/aromatic N) is 1. The smallest absolute Gasteiger partial charge is 0.227 e. The van der Waals surface area contributed by atoms with Crippen molar-refractivity contribution in [1.29, 1.82) is 0 Å². The number of amides is 1. The molecule has 0 aliphatic rings. The Kier molecular flexibility index (Phi) is 2.93. The molecule has 4 nitrogen and oxygen atoms in total. The van der Waals surface area contributed by atoms with Gasteiger partial charge >= 0.3 is 0 Å². The zero-order valence-electron chi connectivity index (χ0n) is 9.00. The van der Waals surface area contributed by atoms with Crippen LogP contribution in [0, 0.1) is 11.3 Å². The lowest BCUT2D eigenvalue weighted by molar-refractivity contribution is -0.122. The fourth-order valence-corrected chi connectivity index (χ4v) is 0.910. The van der Waals surface area contributed by atoms with E-state index >= 15 is 0 Å². The Morgan fingerprint density at radius 3 is 2.64 bits per heavy atom. The summed E-state index contributed by atoms with van der Waals surface area (Å²) in [5, 5.41) is 6.24. The van der Waals surface area contributed by atoms with Gasteiger partial charge in [-0.2, -0.15) is 0 Å². The summed E-state index contributed by atoms with van der Waals surface area (Å²) >= 11 is 0. The topological polar surface area (TPSA) is 55.1 Å². The van der Waals surface area contributed by atoms with Crippen molar-refractivity contribution in [1.82, 2.24) is 5.16 Å². The van der Waals surface area contributed by atoms with Crippen molar-refractivity contribution >= 4 is 11.6 Å². The molecule has 1 aromatic rings. The van der Waals surface area contributed by atoms with Crippen LogP contribution in [0.1, 0.15) is 27.7 Å². The molecular weight excluding hydrogens is 180 g/mol. The monoisotopic (exact) mass is 196 g/mol. The van der Waals surface area contributed by atoms with Crippen LogP contribution in [-0.2, 0) is 4.79 Å². The Labute approximate surface area is 83.7 Å². The van der Waals surface area contributed by atoms with E-state index < -0.39 is 0 Å².